The molecular formula is C22H37IN4OS. The van der Waals surface area contributed by atoms with E-state index in [0.717, 1.165) is 64.6 Å². The lowest BCUT2D eigenvalue weighted by Crippen LogP contribution is -2.46. The number of rotatable bonds is 7. The molecule has 0 radical (unpaired) electrons. The number of hydrogen-bond acceptors (Lipinski definition) is 4. The summed E-state index contributed by atoms with van der Waals surface area (Å²) in [5, 5.41) is 7.15. The Hall–Kier alpha value is -0.510. The number of nitrogens with zero attached hydrogens (tertiary/aromatic N) is 2. The van der Waals surface area contributed by atoms with Gasteiger partial charge in [-0.1, -0.05) is 30.3 Å². The highest BCUT2D eigenvalue weighted by molar-refractivity contribution is 14.0. The zero-order valence-corrected chi connectivity index (χ0v) is 21.2. The molecule has 2 heterocycles. The van der Waals surface area contributed by atoms with Crippen LogP contribution in [0.3, 0.4) is 0 Å². The summed E-state index contributed by atoms with van der Waals surface area (Å²) in [5.74, 6) is 0.959. The summed E-state index contributed by atoms with van der Waals surface area (Å²) < 4.78 is 5.79. The number of thioether (sulfide) groups is 1. The van der Waals surface area contributed by atoms with E-state index in [1.54, 1.807) is 0 Å². The predicted molar refractivity (Wildman–Crippen MR) is 136 cm³/mol. The van der Waals surface area contributed by atoms with Crippen LogP contribution in [-0.2, 0) is 11.3 Å². The van der Waals surface area contributed by atoms with Crippen molar-refractivity contribution in [2.75, 3.05) is 39.1 Å². The first kappa shape index (κ1) is 24.8. The van der Waals surface area contributed by atoms with Gasteiger partial charge in [0.2, 0.25) is 0 Å². The van der Waals surface area contributed by atoms with E-state index in [0.29, 0.717) is 12.1 Å². The molecule has 0 saturated carbocycles. The van der Waals surface area contributed by atoms with Gasteiger partial charge >= 0.3 is 0 Å². The highest BCUT2D eigenvalue weighted by Gasteiger charge is 2.32. The Bertz CT molecular complexity index is 624. The first-order chi connectivity index (χ1) is 13.6. The van der Waals surface area contributed by atoms with Crippen molar-refractivity contribution in [3.8, 4) is 0 Å². The second kappa shape index (κ2) is 12.4. The molecule has 2 fully saturated rings. The molecule has 2 saturated heterocycles. The molecule has 0 aromatic heterocycles. The van der Waals surface area contributed by atoms with Gasteiger partial charge in [0.25, 0.3) is 0 Å². The second-order valence-electron chi connectivity index (χ2n) is 8.04. The smallest absolute Gasteiger partial charge is 0.191 e. The van der Waals surface area contributed by atoms with Gasteiger partial charge in [0.05, 0.1) is 6.54 Å². The largest absolute Gasteiger partial charge is 0.381 e. The number of likely N-dealkylation sites (tertiary alicyclic amines) is 1. The van der Waals surface area contributed by atoms with Crippen molar-refractivity contribution < 1.29 is 4.74 Å². The Labute approximate surface area is 197 Å². The molecule has 0 spiro atoms. The zero-order chi connectivity index (χ0) is 19.8. The molecule has 5 nitrogen and oxygen atoms in total. The second-order valence-corrected chi connectivity index (χ2v) is 9.31. The molecular weight excluding hydrogens is 495 g/mol. The van der Waals surface area contributed by atoms with Crippen molar-refractivity contribution in [1.82, 2.24) is 15.5 Å². The molecule has 2 unspecified atom stereocenters. The maximum absolute atomic E-state index is 5.56. The molecule has 0 amide bonds. The van der Waals surface area contributed by atoms with Gasteiger partial charge in [0, 0.05) is 49.7 Å². The lowest BCUT2D eigenvalue weighted by Gasteiger charge is -2.34. The van der Waals surface area contributed by atoms with E-state index in [-0.39, 0.29) is 28.7 Å². The van der Waals surface area contributed by atoms with E-state index in [1.165, 1.54) is 5.56 Å². The van der Waals surface area contributed by atoms with E-state index in [1.807, 2.05) is 11.8 Å². The van der Waals surface area contributed by atoms with E-state index < -0.39 is 0 Å². The van der Waals surface area contributed by atoms with E-state index in [2.05, 4.69) is 66.0 Å². The van der Waals surface area contributed by atoms with Gasteiger partial charge in [0.15, 0.2) is 5.96 Å². The van der Waals surface area contributed by atoms with Gasteiger partial charge < -0.3 is 15.4 Å². The Balaban J connectivity index is 0.00000300. The molecule has 0 aliphatic carbocycles. The molecule has 0 bridgehead atoms. The summed E-state index contributed by atoms with van der Waals surface area (Å²) >= 11 is 1.95. The summed E-state index contributed by atoms with van der Waals surface area (Å²) in [6.45, 7) is 9.99. The zero-order valence-electron chi connectivity index (χ0n) is 18.0. The third-order valence-corrected chi connectivity index (χ3v) is 7.38. The Morgan fingerprint density at radius 2 is 2.00 bits per heavy atom. The van der Waals surface area contributed by atoms with E-state index in [9.17, 15) is 0 Å². The third kappa shape index (κ3) is 7.29. The van der Waals surface area contributed by atoms with Gasteiger partial charge in [-0.25, -0.2) is 0 Å². The first-order valence-corrected chi connectivity index (χ1v) is 11.8. The number of halogens is 1. The topological polar surface area (TPSA) is 48.9 Å². The van der Waals surface area contributed by atoms with Crippen LogP contribution in [0.5, 0.6) is 0 Å². The minimum atomic E-state index is 0. The number of nitrogens with one attached hydrogen (secondary N) is 2. The quantitative estimate of drug-likeness (QED) is 0.319. The molecule has 2 aliphatic rings. The average molecular weight is 533 g/mol. The van der Waals surface area contributed by atoms with Crippen molar-refractivity contribution in [3.05, 3.63) is 35.9 Å². The van der Waals surface area contributed by atoms with Crippen LogP contribution in [0, 0.1) is 0 Å². The minimum Gasteiger partial charge on any atom is -0.381 e. The normalized spacial score (nSPS) is 24.7. The molecule has 3 rings (SSSR count). The van der Waals surface area contributed by atoms with Gasteiger partial charge in [-0.2, -0.15) is 11.8 Å². The van der Waals surface area contributed by atoms with Crippen molar-refractivity contribution in [1.29, 1.82) is 0 Å². The summed E-state index contributed by atoms with van der Waals surface area (Å²) in [6, 6.07) is 11.8. The minimum absolute atomic E-state index is 0. The summed E-state index contributed by atoms with van der Waals surface area (Å²) in [4.78, 5) is 7.55. The van der Waals surface area contributed by atoms with Crippen molar-refractivity contribution in [2.24, 2.45) is 4.99 Å². The molecule has 1 aromatic rings. The number of aliphatic imine (C=N–C) groups is 1. The van der Waals surface area contributed by atoms with Crippen molar-refractivity contribution in [3.63, 3.8) is 0 Å². The highest BCUT2D eigenvalue weighted by atomic mass is 127. The van der Waals surface area contributed by atoms with Gasteiger partial charge in [-0.05, 0) is 44.9 Å². The Morgan fingerprint density at radius 3 is 2.66 bits per heavy atom. The molecule has 1 aromatic carbocycles. The highest BCUT2D eigenvalue weighted by Crippen LogP contribution is 2.34. The molecule has 2 aliphatic heterocycles. The number of guanidine groups is 1. The van der Waals surface area contributed by atoms with Crippen molar-refractivity contribution in [2.45, 2.75) is 56.5 Å². The molecule has 29 heavy (non-hydrogen) atoms. The average Bonchev–Trinajstić information content (AvgIpc) is 3.06. The fraction of sp³-hybridized carbons (Fsp3) is 0.682. The summed E-state index contributed by atoms with van der Waals surface area (Å²) in [5.41, 5.74) is 1.39. The lowest BCUT2D eigenvalue weighted by atomic mass is 9.99. The number of benzene rings is 1. The predicted octanol–water partition coefficient (Wildman–Crippen LogP) is 3.73. The van der Waals surface area contributed by atoms with Crippen LogP contribution in [0.1, 0.15) is 38.7 Å². The maximum Gasteiger partial charge on any atom is 0.191 e. The maximum atomic E-state index is 5.56. The van der Waals surface area contributed by atoms with Gasteiger partial charge in [0.1, 0.15) is 0 Å². The summed E-state index contributed by atoms with van der Waals surface area (Å²) in [7, 11) is 0. The van der Waals surface area contributed by atoms with Crippen LogP contribution in [-0.4, -0.2) is 66.8 Å². The monoisotopic (exact) mass is 532 g/mol. The fourth-order valence-electron chi connectivity index (χ4n) is 4.15. The van der Waals surface area contributed by atoms with E-state index in [4.69, 9.17) is 9.73 Å². The molecule has 164 valence electrons. The molecule has 7 heteroatoms. The SMILES string of the molecule is CCNC(=NCC1(SC)CCOCC1)NC1CC(C)N(Cc2ccccc2)C1.I. The van der Waals surface area contributed by atoms with Gasteiger partial charge in [-0.15, -0.1) is 24.0 Å². The first-order valence-electron chi connectivity index (χ1n) is 10.6. The third-order valence-electron chi connectivity index (χ3n) is 5.98. The van der Waals surface area contributed by atoms with Crippen LogP contribution in [0.2, 0.25) is 0 Å². The molecule has 2 atom stereocenters. The lowest BCUT2D eigenvalue weighted by molar-refractivity contribution is 0.0794. The standard InChI is InChI=1S/C22H36N4OS.HI/c1-4-23-21(24-17-22(28-3)10-12-27-13-11-22)25-20-14-18(2)26(16-20)15-19-8-6-5-7-9-19;/h5-9,18,20H,4,10-17H2,1-3H3,(H2,23,24,25);1H. The fourth-order valence-corrected chi connectivity index (χ4v) is 4.92. The van der Waals surface area contributed by atoms with Gasteiger partial charge in [-0.3, -0.25) is 9.89 Å². The van der Waals surface area contributed by atoms with Crippen LogP contribution in [0.4, 0.5) is 0 Å². The number of ether oxygens (including phenoxy) is 1. The van der Waals surface area contributed by atoms with Crippen LogP contribution >= 0.6 is 35.7 Å². The van der Waals surface area contributed by atoms with Crippen LogP contribution in [0.15, 0.2) is 35.3 Å². The Kier molecular flexibility index (Phi) is 10.6. The van der Waals surface area contributed by atoms with E-state index >= 15 is 0 Å². The van der Waals surface area contributed by atoms with Crippen molar-refractivity contribution >= 4 is 41.7 Å². The summed E-state index contributed by atoms with van der Waals surface area (Å²) in [6.07, 6.45) is 5.53. The van der Waals surface area contributed by atoms with Crippen LogP contribution < -0.4 is 10.6 Å². The number of hydrogen-bond donors (Lipinski definition) is 2. The molecule has 2 N–H and O–H groups in total. The van der Waals surface area contributed by atoms with Crippen LogP contribution in [0.25, 0.3) is 0 Å². The Morgan fingerprint density at radius 1 is 1.28 bits per heavy atom.